The first-order valence-corrected chi connectivity index (χ1v) is 9.92. The van der Waals surface area contributed by atoms with E-state index in [1.807, 2.05) is 19.1 Å². The van der Waals surface area contributed by atoms with Crippen LogP contribution in [0.15, 0.2) is 47.4 Å². The second kappa shape index (κ2) is 8.79. The zero-order valence-corrected chi connectivity index (χ0v) is 16.0. The van der Waals surface area contributed by atoms with Gasteiger partial charge in [-0.3, -0.25) is 9.59 Å². The fourth-order valence-corrected chi connectivity index (χ4v) is 3.22. The number of amides is 1. The molecule has 27 heavy (non-hydrogen) atoms. The van der Waals surface area contributed by atoms with E-state index in [2.05, 4.69) is 5.32 Å². The Morgan fingerprint density at radius 1 is 1.07 bits per heavy atom. The molecule has 1 amide bonds. The number of methoxy groups -OCH3 is 1. The second-order valence-electron chi connectivity index (χ2n) is 5.93. The molecule has 0 fully saturated rings. The lowest BCUT2D eigenvalue weighted by molar-refractivity contribution is -0.116. The van der Waals surface area contributed by atoms with Crippen LogP contribution in [0.4, 0.5) is 5.69 Å². The van der Waals surface area contributed by atoms with Gasteiger partial charge in [0, 0.05) is 24.1 Å². The van der Waals surface area contributed by atoms with Crippen LogP contribution in [0.1, 0.15) is 35.7 Å². The van der Waals surface area contributed by atoms with E-state index in [4.69, 9.17) is 9.88 Å². The van der Waals surface area contributed by atoms with E-state index in [9.17, 15) is 18.0 Å². The Morgan fingerprint density at radius 2 is 1.74 bits per heavy atom. The maximum absolute atomic E-state index is 12.2. The largest absolute Gasteiger partial charge is 0.495 e. The quantitative estimate of drug-likeness (QED) is 0.672. The van der Waals surface area contributed by atoms with Crippen molar-refractivity contribution in [2.24, 2.45) is 5.14 Å². The van der Waals surface area contributed by atoms with Gasteiger partial charge in [-0.25, -0.2) is 13.6 Å². The molecule has 0 aromatic heterocycles. The van der Waals surface area contributed by atoms with Gasteiger partial charge >= 0.3 is 0 Å². The Bertz CT molecular complexity index is 937. The van der Waals surface area contributed by atoms with Crippen molar-refractivity contribution in [2.45, 2.75) is 31.1 Å². The van der Waals surface area contributed by atoms with Crippen molar-refractivity contribution in [1.29, 1.82) is 0 Å². The molecular formula is C19H22N2O5S. The highest BCUT2D eigenvalue weighted by molar-refractivity contribution is 7.89. The zero-order chi connectivity index (χ0) is 20.0. The number of aryl methyl sites for hydroxylation is 1. The van der Waals surface area contributed by atoms with Gasteiger partial charge in [-0.05, 0) is 30.2 Å². The van der Waals surface area contributed by atoms with E-state index in [1.165, 1.54) is 25.3 Å². The van der Waals surface area contributed by atoms with Crippen molar-refractivity contribution in [3.05, 3.63) is 53.6 Å². The number of nitrogens with two attached hydrogens (primary N) is 1. The molecular weight excluding hydrogens is 368 g/mol. The number of sulfonamides is 1. The Kier molecular flexibility index (Phi) is 6.70. The summed E-state index contributed by atoms with van der Waals surface area (Å²) in [6.45, 7) is 2.03. The lowest BCUT2D eigenvalue weighted by Crippen LogP contribution is -2.16. The second-order valence-corrected chi connectivity index (χ2v) is 7.46. The number of anilines is 1. The summed E-state index contributed by atoms with van der Waals surface area (Å²) in [5.74, 6) is -0.451. The first kappa shape index (κ1) is 20.6. The maximum Gasteiger partial charge on any atom is 0.241 e. The van der Waals surface area contributed by atoms with Gasteiger partial charge in [0.1, 0.15) is 10.6 Å². The number of hydrogen-bond acceptors (Lipinski definition) is 5. The number of hydrogen-bond donors (Lipinski definition) is 2. The lowest BCUT2D eigenvalue weighted by atomic mass is 10.0. The van der Waals surface area contributed by atoms with Crippen LogP contribution in [0.5, 0.6) is 5.75 Å². The minimum Gasteiger partial charge on any atom is -0.495 e. The molecule has 2 aromatic rings. The molecule has 0 radical (unpaired) electrons. The van der Waals surface area contributed by atoms with E-state index in [1.54, 1.807) is 12.1 Å². The molecule has 144 valence electrons. The molecule has 0 heterocycles. The monoisotopic (exact) mass is 390 g/mol. The third-order valence-electron chi connectivity index (χ3n) is 4.02. The fraction of sp³-hybridized carbons (Fsp3) is 0.263. The summed E-state index contributed by atoms with van der Waals surface area (Å²) in [5.41, 5.74) is 1.94. The molecule has 0 bridgehead atoms. The molecule has 7 nitrogen and oxygen atoms in total. The standard InChI is InChI=1S/C19H22N2O5S/c1-3-13-4-6-14(7-5-13)16(22)9-11-19(23)21-15-8-10-17(26-2)18(12-15)27(20,24)25/h4-8,10,12H,3,9,11H2,1-2H3,(H,21,23)(H2,20,24,25). The van der Waals surface area contributed by atoms with Crippen molar-refractivity contribution >= 4 is 27.4 Å². The summed E-state index contributed by atoms with van der Waals surface area (Å²) in [7, 11) is -2.68. The lowest BCUT2D eigenvalue weighted by Gasteiger charge is -2.10. The van der Waals surface area contributed by atoms with Gasteiger partial charge in [-0.1, -0.05) is 31.2 Å². The van der Waals surface area contributed by atoms with E-state index in [0.717, 1.165) is 12.0 Å². The van der Waals surface area contributed by atoms with Gasteiger partial charge in [0.2, 0.25) is 15.9 Å². The molecule has 0 saturated carbocycles. The molecule has 0 spiro atoms. The molecule has 8 heteroatoms. The Morgan fingerprint density at radius 3 is 2.30 bits per heavy atom. The van der Waals surface area contributed by atoms with Crippen molar-refractivity contribution in [3.8, 4) is 5.75 Å². The minimum atomic E-state index is -4.00. The molecule has 0 aliphatic rings. The summed E-state index contributed by atoms with van der Waals surface area (Å²) >= 11 is 0. The van der Waals surface area contributed by atoms with Crippen LogP contribution in [0, 0.1) is 0 Å². The summed E-state index contributed by atoms with van der Waals surface area (Å²) in [5, 5.41) is 7.72. The average Bonchev–Trinajstić information content (AvgIpc) is 2.65. The van der Waals surface area contributed by atoms with Gasteiger partial charge in [0.15, 0.2) is 5.78 Å². The van der Waals surface area contributed by atoms with Crippen LogP contribution in [0.25, 0.3) is 0 Å². The fourth-order valence-electron chi connectivity index (χ4n) is 2.50. The van der Waals surface area contributed by atoms with E-state index < -0.39 is 15.9 Å². The van der Waals surface area contributed by atoms with Gasteiger partial charge in [0.05, 0.1) is 7.11 Å². The number of nitrogens with one attached hydrogen (secondary N) is 1. The van der Waals surface area contributed by atoms with Gasteiger partial charge in [-0.15, -0.1) is 0 Å². The smallest absolute Gasteiger partial charge is 0.241 e. The third-order valence-corrected chi connectivity index (χ3v) is 4.95. The summed E-state index contributed by atoms with van der Waals surface area (Å²) < 4.78 is 28.2. The van der Waals surface area contributed by atoms with Crippen LogP contribution >= 0.6 is 0 Å². The molecule has 0 aliphatic carbocycles. The number of primary sulfonamides is 1. The molecule has 0 saturated heterocycles. The molecule has 0 unspecified atom stereocenters. The normalized spacial score (nSPS) is 11.1. The van der Waals surface area contributed by atoms with Crippen LogP contribution < -0.4 is 15.2 Å². The number of carbonyl (C=O) groups is 2. The van der Waals surface area contributed by atoms with Crippen molar-refractivity contribution < 1.29 is 22.7 Å². The Balaban J connectivity index is 2.00. The number of ketones is 1. The molecule has 3 N–H and O–H groups in total. The number of ether oxygens (including phenoxy) is 1. The first-order chi connectivity index (χ1) is 12.7. The predicted molar refractivity (Wildman–Crippen MR) is 102 cm³/mol. The van der Waals surface area contributed by atoms with Gasteiger partial charge in [-0.2, -0.15) is 0 Å². The van der Waals surface area contributed by atoms with Gasteiger partial charge in [0.25, 0.3) is 0 Å². The molecule has 0 atom stereocenters. The van der Waals surface area contributed by atoms with E-state index >= 15 is 0 Å². The Hall–Kier alpha value is -2.71. The van der Waals surface area contributed by atoms with Crippen molar-refractivity contribution in [2.75, 3.05) is 12.4 Å². The van der Waals surface area contributed by atoms with Crippen molar-refractivity contribution in [1.82, 2.24) is 0 Å². The zero-order valence-electron chi connectivity index (χ0n) is 15.2. The molecule has 2 rings (SSSR count). The van der Waals surface area contributed by atoms with Crippen LogP contribution in [0.2, 0.25) is 0 Å². The summed E-state index contributed by atoms with van der Waals surface area (Å²) in [4.78, 5) is 24.0. The van der Waals surface area contributed by atoms with Crippen molar-refractivity contribution in [3.63, 3.8) is 0 Å². The number of rotatable bonds is 8. The predicted octanol–water partition coefficient (Wildman–Crippen LogP) is 2.51. The van der Waals surface area contributed by atoms with Crippen LogP contribution in [-0.2, 0) is 21.2 Å². The maximum atomic E-state index is 12.2. The topological polar surface area (TPSA) is 116 Å². The van der Waals surface area contributed by atoms with E-state index in [-0.39, 0.29) is 35.0 Å². The number of carbonyl (C=O) groups excluding carboxylic acids is 2. The van der Waals surface area contributed by atoms with E-state index in [0.29, 0.717) is 5.56 Å². The van der Waals surface area contributed by atoms with Gasteiger partial charge < -0.3 is 10.1 Å². The summed E-state index contributed by atoms with van der Waals surface area (Å²) in [6, 6.07) is 11.4. The average molecular weight is 390 g/mol. The highest BCUT2D eigenvalue weighted by Crippen LogP contribution is 2.26. The minimum absolute atomic E-state index is 0.0227. The highest BCUT2D eigenvalue weighted by atomic mass is 32.2. The molecule has 2 aromatic carbocycles. The number of Topliss-reactive ketones (excluding diaryl/α,β-unsaturated/α-hetero) is 1. The Labute approximate surface area is 158 Å². The summed E-state index contributed by atoms with van der Waals surface area (Å²) in [6.07, 6.45) is 0.917. The number of benzene rings is 2. The highest BCUT2D eigenvalue weighted by Gasteiger charge is 2.17. The first-order valence-electron chi connectivity index (χ1n) is 8.37. The van der Waals surface area contributed by atoms with Crippen LogP contribution in [0.3, 0.4) is 0 Å². The van der Waals surface area contributed by atoms with Crippen LogP contribution in [-0.4, -0.2) is 27.2 Å². The SMILES string of the molecule is CCc1ccc(C(=O)CCC(=O)Nc2ccc(OC)c(S(N)(=O)=O)c2)cc1. The molecule has 0 aliphatic heterocycles. The third kappa shape index (κ3) is 5.63.